The first kappa shape index (κ1) is 22.3. The van der Waals surface area contributed by atoms with Crippen molar-refractivity contribution < 1.29 is 14.3 Å². The Hall–Kier alpha value is -3.55. The molecule has 2 aromatic heterocycles. The molecule has 1 saturated heterocycles. The van der Waals surface area contributed by atoms with Crippen LogP contribution in [0.5, 0.6) is 0 Å². The number of rotatable bonds is 7. The molecule has 2 aromatic carbocycles. The molecule has 1 aliphatic rings. The normalized spacial score (nSPS) is 14.6. The number of anilines is 1. The average molecular weight is 459 g/mol. The minimum Gasteiger partial charge on any atom is -0.388 e. The van der Waals surface area contributed by atoms with Gasteiger partial charge in [-0.1, -0.05) is 42.5 Å². The van der Waals surface area contributed by atoms with Gasteiger partial charge in [-0.3, -0.25) is 9.69 Å². The quantitative estimate of drug-likeness (QED) is 0.428. The van der Waals surface area contributed by atoms with Crippen LogP contribution >= 0.6 is 0 Å². The molecule has 0 unspecified atom stereocenters. The highest BCUT2D eigenvalue weighted by Gasteiger charge is 2.19. The van der Waals surface area contributed by atoms with Gasteiger partial charge in [0.15, 0.2) is 5.78 Å². The lowest BCUT2D eigenvalue weighted by atomic mass is 10.1. The van der Waals surface area contributed by atoms with Crippen LogP contribution in [0.4, 0.5) is 10.1 Å². The van der Waals surface area contributed by atoms with E-state index in [0.29, 0.717) is 18.7 Å². The van der Waals surface area contributed by atoms with Crippen LogP contribution in [-0.4, -0.2) is 58.1 Å². The van der Waals surface area contributed by atoms with Crippen LogP contribution in [0.3, 0.4) is 0 Å². The van der Waals surface area contributed by atoms with Crippen LogP contribution in [-0.2, 0) is 13.1 Å². The monoisotopic (exact) mass is 458 g/mol. The number of hydrogen-bond acceptors (Lipinski definition) is 5. The molecule has 0 amide bonds. The van der Waals surface area contributed by atoms with E-state index in [1.54, 1.807) is 18.2 Å². The van der Waals surface area contributed by atoms with Crippen LogP contribution < -0.4 is 4.90 Å². The number of ketones is 1. The number of piperazine rings is 1. The van der Waals surface area contributed by atoms with Crippen LogP contribution in [0, 0.1) is 5.82 Å². The molecular formula is C27H27FN4O2. The third-order valence-corrected chi connectivity index (χ3v) is 6.45. The Morgan fingerprint density at radius 2 is 1.74 bits per heavy atom. The van der Waals surface area contributed by atoms with E-state index >= 15 is 0 Å². The summed E-state index contributed by atoms with van der Waals surface area (Å²) in [5.41, 5.74) is 4.33. The number of halogens is 1. The largest absolute Gasteiger partial charge is 0.388 e. The maximum atomic E-state index is 14.0. The zero-order valence-corrected chi connectivity index (χ0v) is 18.9. The summed E-state index contributed by atoms with van der Waals surface area (Å²) in [5, 5.41) is 10.1. The standard InChI is InChI=1S/C27H27FN4O2/c28-25-4-2-1-3-23(25)18-30-11-13-31(14-12-30)24-15-22-9-10-32(27(22)29-16-24)17-20-5-7-21(8-6-20)26(34)19-33/h1-10,15-16,33H,11-14,17-19H2. The minimum atomic E-state index is -0.478. The summed E-state index contributed by atoms with van der Waals surface area (Å²) >= 11 is 0. The summed E-state index contributed by atoms with van der Waals surface area (Å²) in [7, 11) is 0. The SMILES string of the molecule is O=C(CO)c1ccc(Cn2ccc3cc(N4CCN(Cc5ccccc5F)CC4)cnc32)cc1. The van der Waals surface area contributed by atoms with E-state index < -0.39 is 6.61 Å². The van der Waals surface area contributed by atoms with Crippen LogP contribution in [0.2, 0.25) is 0 Å². The fourth-order valence-electron chi connectivity index (χ4n) is 4.48. The van der Waals surface area contributed by atoms with Crippen molar-refractivity contribution >= 4 is 22.5 Å². The molecule has 0 radical (unpaired) electrons. The van der Waals surface area contributed by atoms with Gasteiger partial charge in [0.2, 0.25) is 0 Å². The summed E-state index contributed by atoms with van der Waals surface area (Å²) in [6.07, 6.45) is 3.95. The van der Waals surface area contributed by atoms with Gasteiger partial charge in [0, 0.05) is 62.0 Å². The van der Waals surface area contributed by atoms with Crippen molar-refractivity contribution in [3.63, 3.8) is 0 Å². The van der Waals surface area contributed by atoms with E-state index in [0.717, 1.165) is 54.0 Å². The van der Waals surface area contributed by atoms with Crippen molar-refractivity contribution in [1.29, 1.82) is 0 Å². The van der Waals surface area contributed by atoms with Gasteiger partial charge in [0.1, 0.15) is 18.1 Å². The van der Waals surface area contributed by atoms with E-state index in [9.17, 15) is 9.18 Å². The highest BCUT2D eigenvalue weighted by atomic mass is 19.1. The number of aliphatic hydroxyl groups is 1. The van der Waals surface area contributed by atoms with Crippen molar-refractivity contribution in [3.8, 4) is 0 Å². The van der Waals surface area contributed by atoms with Crippen molar-refractivity contribution in [2.45, 2.75) is 13.1 Å². The molecule has 174 valence electrons. The maximum absolute atomic E-state index is 14.0. The Kier molecular flexibility index (Phi) is 6.38. The topological polar surface area (TPSA) is 61.6 Å². The maximum Gasteiger partial charge on any atom is 0.188 e. The van der Waals surface area contributed by atoms with Crippen LogP contribution in [0.25, 0.3) is 11.0 Å². The number of benzene rings is 2. The average Bonchev–Trinajstić information content (AvgIpc) is 3.27. The lowest BCUT2D eigenvalue weighted by molar-refractivity contribution is 0.0903. The van der Waals surface area contributed by atoms with Gasteiger partial charge >= 0.3 is 0 Å². The van der Waals surface area contributed by atoms with E-state index in [2.05, 4.69) is 26.5 Å². The highest BCUT2D eigenvalue weighted by Crippen LogP contribution is 2.23. The zero-order chi connectivity index (χ0) is 23.5. The summed E-state index contributed by atoms with van der Waals surface area (Å²) < 4.78 is 16.1. The van der Waals surface area contributed by atoms with E-state index in [1.165, 1.54) is 6.07 Å². The van der Waals surface area contributed by atoms with Gasteiger partial charge in [0.25, 0.3) is 0 Å². The number of carbonyl (C=O) groups is 1. The molecule has 5 rings (SSSR count). The second-order valence-electron chi connectivity index (χ2n) is 8.68. The number of aromatic nitrogens is 2. The minimum absolute atomic E-state index is 0.140. The molecule has 0 saturated carbocycles. The van der Waals surface area contributed by atoms with Gasteiger partial charge < -0.3 is 14.6 Å². The second kappa shape index (κ2) is 9.75. The van der Waals surface area contributed by atoms with Crippen LogP contribution in [0.15, 0.2) is 73.1 Å². The summed E-state index contributed by atoms with van der Waals surface area (Å²) in [6, 6.07) is 18.5. The molecule has 1 fully saturated rings. The first-order valence-corrected chi connectivity index (χ1v) is 11.5. The Balaban J connectivity index is 1.23. The third-order valence-electron chi connectivity index (χ3n) is 6.45. The molecule has 34 heavy (non-hydrogen) atoms. The second-order valence-corrected chi connectivity index (χ2v) is 8.68. The highest BCUT2D eigenvalue weighted by molar-refractivity contribution is 5.96. The lowest BCUT2D eigenvalue weighted by Crippen LogP contribution is -2.46. The molecule has 4 aromatic rings. The molecule has 1 N–H and O–H groups in total. The first-order chi connectivity index (χ1) is 16.6. The molecule has 1 aliphatic heterocycles. The molecule has 7 heteroatoms. The Morgan fingerprint density at radius 3 is 2.47 bits per heavy atom. The van der Waals surface area contributed by atoms with Crippen LogP contribution in [0.1, 0.15) is 21.5 Å². The van der Waals surface area contributed by atoms with E-state index in [4.69, 9.17) is 10.1 Å². The zero-order valence-electron chi connectivity index (χ0n) is 18.9. The fourth-order valence-corrected chi connectivity index (χ4v) is 4.48. The van der Waals surface area contributed by atoms with Crippen molar-refractivity contribution in [2.75, 3.05) is 37.7 Å². The smallest absolute Gasteiger partial charge is 0.188 e. The number of nitrogens with zero attached hydrogens (tertiary/aromatic N) is 4. The summed E-state index contributed by atoms with van der Waals surface area (Å²) in [4.78, 5) is 21.0. The number of carbonyl (C=O) groups excluding carboxylic acids is 1. The van der Waals surface area contributed by atoms with Crippen molar-refractivity contribution in [3.05, 3.63) is 95.6 Å². The number of fused-ring (bicyclic) bond motifs is 1. The molecule has 6 nitrogen and oxygen atoms in total. The molecule has 0 aliphatic carbocycles. The molecule has 0 bridgehead atoms. The number of Topliss-reactive ketones (excluding diaryl/α,β-unsaturated/α-hetero) is 1. The van der Waals surface area contributed by atoms with Crippen molar-refractivity contribution in [1.82, 2.24) is 14.5 Å². The van der Waals surface area contributed by atoms with Gasteiger partial charge in [-0.2, -0.15) is 0 Å². The number of aliphatic hydroxyl groups excluding tert-OH is 1. The first-order valence-electron chi connectivity index (χ1n) is 11.5. The summed E-state index contributed by atoms with van der Waals surface area (Å²) in [5.74, 6) is -0.418. The number of hydrogen-bond donors (Lipinski definition) is 1. The Bertz CT molecular complexity index is 1290. The predicted octanol–water partition coefficient (Wildman–Crippen LogP) is 3.72. The van der Waals surface area contributed by atoms with E-state index in [-0.39, 0.29) is 11.6 Å². The van der Waals surface area contributed by atoms with Crippen molar-refractivity contribution in [2.24, 2.45) is 0 Å². The summed E-state index contributed by atoms with van der Waals surface area (Å²) in [6.45, 7) is 4.31. The molecule has 0 spiro atoms. The van der Waals surface area contributed by atoms with Gasteiger partial charge in [-0.15, -0.1) is 0 Å². The molecule has 0 atom stereocenters. The fraction of sp³-hybridized carbons (Fsp3) is 0.259. The third kappa shape index (κ3) is 4.71. The Morgan fingerprint density at radius 1 is 0.971 bits per heavy atom. The van der Waals surface area contributed by atoms with Gasteiger partial charge in [0.05, 0.1) is 11.9 Å². The predicted molar refractivity (Wildman–Crippen MR) is 131 cm³/mol. The van der Waals surface area contributed by atoms with Gasteiger partial charge in [-0.25, -0.2) is 9.37 Å². The Labute approximate surface area is 197 Å². The lowest BCUT2D eigenvalue weighted by Gasteiger charge is -2.36. The molecule has 3 heterocycles. The van der Waals surface area contributed by atoms with E-state index in [1.807, 2.05) is 36.7 Å². The van der Waals surface area contributed by atoms with Gasteiger partial charge in [-0.05, 0) is 23.8 Å². The number of pyridine rings is 1. The molecular weight excluding hydrogens is 431 g/mol.